The second kappa shape index (κ2) is 14.3. The zero-order valence-corrected chi connectivity index (χ0v) is 30.8. The molecule has 58 heavy (non-hydrogen) atoms. The number of pyridine rings is 2. The number of alkyl halides is 3. The largest absolute Gasteiger partial charge is 0.449 e. The van der Waals surface area contributed by atoms with E-state index in [1.54, 1.807) is 24.3 Å². The summed E-state index contributed by atoms with van der Waals surface area (Å²) >= 11 is 0. The standard InChI is InChI=1S/C42H35F5N6O5/c43-26-19-32-35(48-20-26)36-25(18-33(58-36)39(55)51-34-29(42(45,46)47)4-2-5-30(34)44)11-14-53(32)40(56)23-7-9-27(10-8-23)49-38(54)28-17-24-3-1-6-31(24)50-37(28)52-21-41(22-52)12-15-57-16-13-41/h2,4-5,7-10,17-20H,1,3,6,11-16,21-22H2,(H,49,54)(H,51,55). The number of benzene rings is 2. The van der Waals surface area contributed by atoms with Gasteiger partial charge in [-0.2, -0.15) is 13.2 Å². The molecule has 9 rings (SSSR count). The Labute approximate surface area is 328 Å². The van der Waals surface area contributed by atoms with Crippen molar-refractivity contribution >= 4 is 40.6 Å². The molecule has 6 heterocycles. The average molecular weight is 799 g/mol. The summed E-state index contributed by atoms with van der Waals surface area (Å²) in [5.74, 6) is -3.80. The number of aromatic nitrogens is 2. The first kappa shape index (κ1) is 37.4. The van der Waals surface area contributed by atoms with Gasteiger partial charge in [0.2, 0.25) is 0 Å². The van der Waals surface area contributed by atoms with Crippen LogP contribution < -0.4 is 20.4 Å². The number of hydrogen-bond acceptors (Lipinski definition) is 8. The predicted octanol–water partition coefficient (Wildman–Crippen LogP) is 7.85. The van der Waals surface area contributed by atoms with Crippen LogP contribution >= 0.6 is 0 Å². The number of halogens is 5. The molecular formula is C42H35F5N6O5. The van der Waals surface area contributed by atoms with E-state index in [1.165, 1.54) is 11.0 Å². The van der Waals surface area contributed by atoms with Gasteiger partial charge in [0.25, 0.3) is 17.7 Å². The number of ether oxygens (including phenoxy) is 1. The number of carbonyl (C=O) groups is 3. The average Bonchev–Trinajstić information content (AvgIpc) is 3.81. The van der Waals surface area contributed by atoms with Gasteiger partial charge < -0.3 is 29.6 Å². The minimum absolute atomic E-state index is 0.000318. The summed E-state index contributed by atoms with van der Waals surface area (Å²) in [6, 6.07) is 12.9. The third-order valence-electron chi connectivity index (χ3n) is 11.4. The molecule has 0 unspecified atom stereocenters. The van der Waals surface area contributed by atoms with Crippen molar-refractivity contribution in [1.82, 2.24) is 9.97 Å². The lowest BCUT2D eigenvalue weighted by atomic mass is 9.73. The van der Waals surface area contributed by atoms with Crippen LogP contribution in [0.3, 0.4) is 0 Å². The van der Waals surface area contributed by atoms with Crippen LogP contribution in [-0.4, -0.2) is 60.5 Å². The number of rotatable bonds is 6. The first-order valence-corrected chi connectivity index (χ1v) is 18.9. The van der Waals surface area contributed by atoms with Crippen LogP contribution in [-0.2, 0) is 30.2 Å². The molecule has 298 valence electrons. The summed E-state index contributed by atoms with van der Waals surface area (Å²) in [6.45, 7) is 3.09. The van der Waals surface area contributed by atoms with E-state index in [4.69, 9.17) is 14.1 Å². The Morgan fingerprint density at radius 3 is 2.40 bits per heavy atom. The van der Waals surface area contributed by atoms with Crippen LogP contribution in [0.25, 0.3) is 11.5 Å². The molecule has 2 aromatic carbocycles. The molecule has 4 aliphatic rings. The number of furan rings is 1. The van der Waals surface area contributed by atoms with Gasteiger partial charge in [0.1, 0.15) is 23.1 Å². The van der Waals surface area contributed by atoms with E-state index >= 15 is 0 Å². The minimum atomic E-state index is -4.95. The molecule has 5 aromatic rings. The highest BCUT2D eigenvalue weighted by atomic mass is 19.4. The Morgan fingerprint density at radius 2 is 1.64 bits per heavy atom. The van der Waals surface area contributed by atoms with Gasteiger partial charge in [-0.15, -0.1) is 0 Å². The van der Waals surface area contributed by atoms with Crippen molar-refractivity contribution in [3.05, 3.63) is 118 Å². The number of nitrogens with one attached hydrogen (secondary N) is 2. The SMILES string of the molecule is O=C(Nc1c(F)cccc1C(F)(F)F)c1cc2c(o1)-c1ncc(F)cc1N(C(=O)c1ccc(NC(=O)c3cc4c(nc3N3CC5(CCOCC5)C3)CCC4)cc1)CC2. The van der Waals surface area contributed by atoms with Crippen LogP contribution in [0.2, 0.25) is 0 Å². The molecule has 0 radical (unpaired) electrons. The van der Waals surface area contributed by atoms with Crippen LogP contribution in [0.15, 0.2) is 71.3 Å². The van der Waals surface area contributed by atoms with Crippen molar-refractivity contribution in [3.63, 3.8) is 0 Å². The Morgan fingerprint density at radius 1 is 0.862 bits per heavy atom. The molecule has 0 bridgehead atoms. The second-order valence-electron chi connectivity index (χ2n) is 15.1. The van der Waals surface area contributed by atoms with Gasteiger partial charge in [-0.3, -0.25) is 14.4 Å². The molecule has 11 nitrogen and oxygen atoms in total. The maximum absolute atomic E-state index is 14.7. The number of nitrogens with zero attached hydrogens (tertiary/aromatic N) is 4. The van der Waals surface area contributed by atoms with Crippen LogP contribution in [0.1, 0.15) is 72.9 Å². The number of carbonyl (C=O) groups excluding carboxylic acids is 3. The zero-order valence-electron chi connectivity index (χ0n) is 30.8. The van der Waals surface area contributed by atoms with Gasteiger partial charge in [0, 0.05) is 66.8 Å². The topological polar surface area (TPSA) is 130 Å². The Bertz CT molecular complexity index is 2470. The lowest BCUT2D eigenvalue weighted by molar-refractivity contribution is -0.137. The molecule has 1 aliphatic carbocycles. The van der Waals surface area contributed by atoms with Crippen LogP contribution in [0.4, 0.5) is 44.8 Å². The number of anilines is 4. The minimum Gasteiger partial charge on any atom is -0.449 e. The lowest BCUT2D eigenvalue weighted by Crippen LogP contribution is -2.59. The number of amides is 3. The molecule has 3 amide bonds. The maximum Gasteiger partial charge on any atom is 0.418 e. The van der Waals surface area contributed by atoms with Crippen LogP contribution in [0, 0.1) is 17.0 Å². The summed E-state index contributed by atoms with van der Waals surface area (Å²) in [7, 11) is 0. The van der Waals surface area contributed by atoms with Crippen molar-refractivity contribution < 1.29 is 45.5 Å². The maximum atomic E-state index is 14.7. The van der Waals surface area contributed by atoms with Gasteiger partial charge in [0.05, 0.1) is 28.7 Å². The predicted molar refractivity (Wildman–Crippen MR) is 202 cm³/mol. The summed E-state index contributed by atoms with van der Waals surface area (Å²) in [5, 5.41) is 4.92. The van der Waals surface area contributed by atoms with E-state index in [0.717, 1.165) is 94.1 Å². The van der Waals surface area contributed by atoms with Gasteiger partial charge in [-0.05, 0) is 92.6 Å². The lowest BCUT2D eigenvalue weighted by Gasteiger charge is -2.53. The highest BCUT2D eigenvalue weighted by Crippen LogP contribution is 2.44. The first-order valence-electron chi connectivity index (χ1n) is 18.9. The highest BCUT2D eigenvalue weighted by Gasteiger charge is 2.45. The monoisotopic (exact) mass is 798 g/mol. The fourth-order valence-electron chi connectivity index (χ4n) is 8.32. The van der Waals surface area contributed by atoms with E-state index in [2.05, 4.69) is 15.2 Å². The third-order valence-corrected chi connectivity index (χ3v) is 11.4. The van der Waals surface area contributed by atoms with E-state index < -0.39 is 46.6 Å². The normalized spacial score (nSPS) is 16.8. The second-order valence-corrected chi connectivity index (χ2v) is 15.1. The molecule has 0 saturated carbocycles. The third kappa shape index (κ3) is 6.84. The quantitative estimate of drug-likeness (QED) is 0.166. The summed E-state index contributed by atoms with van der Waals surface area (Å²) < 4.78 is 81.2. The highest BCUT2D eigenvalue weighted by molar-refractivity contribution is 6.10. The number of aryl methyl sites for hydroxylation is 2. The fourth-order valence-corrected chi connectivity index (χ4v) is 8.32. The Balaban J connectivity index is 0.930. The summed E-state index contributed by atoms with van der Waals surface area (Å²) in [5.41, 5.74) is 1.42. The smallest absolute Gasteiger partial charge is 0.418 e. The van der Waals surface area contributed by atoms with E-state index in [0.29, 0.717) is 28.7 Å². The first-order chi connectivity index (χ1) is 27.9. The number of para-hydroxylation sites is 1. The Hall–Kier alpha value is -6.16. The number of hydrogen-bond donors (Lipinski definition) is 2. The molecule has 2 fully saturated rings. The van der Waals surface area contributed by atoms with Crippen LogP contribution in [0.5, 0.6) is 0 Å². The van der Waals surface area contributed by atoms with Crippen molar-refractivity contribution in [2.75, 3.05) is 53.3 Å². The number of fused-ring (bicyclic) bond motifs is 4. The van der Waals surface area contributed by atoms with E-state index in [1.807, 2.05) is 11.4 Å². The van der Waals surface area contributed by atoms with Crippen molar-refractivity contribution in [2.45, 2.75) is 44.7 Å². The summed E-state index contributed by atoms with van der Waals surface area (Å²) in [6.07, 6.45) is 0.723. The van der Waals surface area contributed by atoms with Crippen molar-refractivity contribution in [1.29, 1.82) is 0 Å². The van der Waals surface area contributed by atoms with Crippen molar-refractivity contribution in [2.24, 2.45) is 5.41 Å². The molecular weight excluding hydrogens is 763 g/mol. The molecule has 0 atom stereocenters. The van der Waals surface area contributed by atoms with Gasteiger partial charge in [0.15, 0.2) is 11.5 Å². The Kier molecular flexibility index (Phi) is 9.25. The van der Waals surface area contributed by atoms with Gasteiger partial charge in [-0.25, -0.2) is 18.7 Å². The molecule has 16 heteroatoms. The zero-order chi connectivity index (χ0) is 40.3. The van der Waals surface area contributed by atoms with E-state index in [-0.39, 0.29) is 47.0 Å². The van der Waals surface area contributed by atoms with E-state index in [9.17, 15) is 36.3 Å². The fraction of sp³-hybridized carbons (Fsp3) is 0.310. The molecule has 3 aromatic heterocycles. The van der Waals surface area contributed by atoms with Gasteiger partial charge >= 0.3 is 6.18 Å². The summed E-state index contributed by atoms with van der Waals surface area (Å²) in [4.78, 5) is 53.5. The molecule has 2 saturated heterocycles. The molecule has 2 N–H and O–H groups in total. The van der Waals surface area contributed by atoms with Crippen molar-refractivity contribution in [3.8, 4) is 11.5 Å². The molecule has 3 aliphatic heterocycles. The molecule has 1 spiro atoms. The van der Waals surface area contributed by atoms with Gasteiger partial charge in [-0.1, -0.05) is 6.07 Å².